The van der Waals surface area contributed by atoms with Gasteiger partial charge in [-0.05, 0) is 44.0 Å². The maximum absolute atomic E-state index is 12.6. The van der Waals surface area contributed by atoms with Gasteiger partial charge in [0.25, 0.3) is 0 Å². The molecule has 1 saturated heterocycles. The quantitative estimate of drug-likeness (QED) is 0.929. The largest absolute Gasteiger partial charge is 0.315 e. The average Bonchev–Trinajstić information content (AvgIpc) is 2.41. The van der Waals surface area contributed by atoms with Gasteiger partial charge in [0.15, 0.2) is 0 Å². The van der Waals surface area contributed by atoms with Crippen molar-refractivity contribution in [2.75, 3.05) is 20.1 Å². The average molecular weight is 303 g/mol. The van der Waals surface area contributed by atoms with Crippen LogP contribution in [-0.2, 0) is 10.0 Å². The predicted octanol–water partition coefficient (Wildman–Crippen LogP) is 2.02. The zero-order valence-electron chi connectivity index (χ0n) is 11.2. The van der Waals surface area contributed by atoms with Gasteiger partial charge in [-0.15, -0.1) is 0 Å². The molecule has 0 saturated carbocycles. The number of nitrogens with one attached hydrogen (secondary N) is 1. The Morgan fingerprint density at radius 1 is 1.42 bits per heavy atom. The number of sulfonamides is 1. The Morgan fingerprint density at radius 3 is 2.79 bits per heavy atom. The topological polar surface area (TPSA) is 49.4 Å². The predicted molar refractivity (Wildman–Crippen MR) is 77.0 cm³/mol. The van der Waals surface area contributed by atoms with Gasteiger partial charge >= 0.3 is 0 Å². The van der Waals surface area contributed by atoms with Crippen LogP contribution >= 0.6 is 11.6 Å². The summed E-state index contributed by atoms with van der Waals surface area (Å²) in [5.41, 5.74) is 0.611. The molecule has 1 N–H and O–H groups in total. The van der Waals surface area contributed by atoms with Crippen molar-refractivity contribution < 1.29 is 8.42 Å². The molecule has 0 radical (unpaired) electrons. The van der Waals surface area contributed by atoms with Crippen molar-refractivity contribution in [2.45, 2.75) is 30.7 Å². The molecule has 1 fully saturated rings. The standard InChI is InChI=1S/C13H19ClN2O2S/c1-10-12(14)6-3-7-13(10)19(17,18)16(2)11-5-4-8-15-9-11/h3,6-7,11,15H,4-5,8-9H2,1-2H3. The van der Waals surface area contributed by atoms with Crippen LogP contribution in [0.4, 0.5) is 0 Å². The van der Waals surface area contributed by atoms with Crippen molar-refractivity contribution in [1.29, 1.82) is 0 Å². The van der Waals surface area contributed by atoms with Crippen LogP contribution in [0.3, 0.4) is 0 Å². The second-order valence-corrected chi connectivity index (χ2v) is 7.26. The van der Waals surface area contributed by atoms with Crippen LogP contribution in [0.25, 0.3) is 0 Å². The monoisotopic (exact) mass is 302 g/mol. The highest BCUT2D eigenvalue weighted by molar-refractivity contribution is 7.89. The van der Waals surface area contributed by atoms with Crippen LogP contribution in [0, 0.1) is 6.92 Å². The van der Waals surface area contributed by atoms with Crippen molar-refractivity contribution in [3.63, 3.8) is 0 Å². The van der Waals surface area contributed by atoms with Gasteiger partial charge in [-0.2, -0.15) is 4.31 Å². The van der Waals surface area contributed by atoms with Crippen LogP contribution < -0.4 is 5.32 Å². The highest BCUT2D eigenvalue weighted by Crippen LogP contribution is 2.26. The van der Waals surface area contributed by atoms with E-state index in [0.29, 0.717) is 22.0 Å². The van der Waals surface area contributed by atoms with Crippen molar-refractivity contribution in [2.24, 2.45) is 0 Å². The first-order valence-electron chi connectivity index (χ1n) is 6.38. The molecule has 1 atom stereocenters. The number of likely N-dealkylation sites (N-methyl/N-ethyl adjacent to an activating group) is 1. The smallest absolute Gasteiger partial charge is 0.243 e. The normalized spacial score (nSPS) is 20.7. The van der Waals surface area contributed by atoms with E-state index in [2.05, 4.69) is 5.32 Å². The molecule has 6 heteroatoms. The summed E-state index contributed by atoms with van der Waals surface area (Å²) in [5, 5.41) is 3.72. The number of rotatable bonds is 3. The molecule has 2 rings (SSSR count). The fourth-order valence-electron chi connectivity index (χ4n) is 2.36. The second-order valence-electron chi connectivity index (χ2n) is 4.88. The first kappa shape index (κ1) is 14.8. The number of hydrogen-bond acceptors (Lipinski definition) is 3. The molecule has 106 valence electrons. The molecule has 0 amide bonds. The molecule has 0 aromatic heterocycles. The van der Waals surface area contributed by atoms with Crippen LogP contribution in [-0.4, -0.2) is 38.9 Å². The van der Waals surface area contributed by atoms with Crippen molar-refractivity contribution in [3.05, 3.63) is 28.8 Å². The van der Waals surface area contributed by atoms with Gasteiger partial charge in [0.05, 0.1) is 4.90 Å². The summed E-state index contributed by atoms with van der Waals surface area (Å²) in [7, 11) is -1.84. The minimum Gasteiger partial charge on any atom is -0.315 e. The molecule has 1 aliphatic heterocycles. The maximum Gasteiger partial charge on any atom is 0.243 e. The third-order valence-electron chi connectivity index (χ3n) is 3.66. The number of nitrogens with zero attached hydrogens (tertiary/aromatic N) is 1. The van der Waals surface area contributed by atoms with E-state index in [4.69, 9.17) is 11.6 Å². The lowest BCUT2D eigenvalue weighted by atomic mass is 10.1. The highest BCUT2D eigenvalue weighted by atomic mass is 35.5. The van der Waals surface area contributed by atoms with Gasteiger partial charge in [0.1, 0.15) is 0 Å². The molecule has 4 nitrogen and oxygen atoms in total. The molecular weight excluding hydrogens is 284 g/mol. The van der Waals surface area contributed by atoms with E-state index in [-0.39, 0.29) is 6.04 Å². The molecule has 19 heavy (non-hydrogen) atoms. The van der Waals surface area contributed by atoms with Crippen LogP contribution in [0.1, 0.15) is 18.4 Å². The summed E-state index contributed by atoms with van der Waals surface area (Å²) in [6, 6.07) is 5.01. The van der Waals surface area contributed by atoms with Gasteiger partial charge in [0, 0.05) is 24.7 Å². The van der Waals surface area contributed by atoms with Crippen molar-refractivity contribution in [3.8, 4) is 0 Å². The number of piperidine rings is 1. The van der Waals surface area contributed by atoms with E-state index >= 15 is 0 Å². The van der Waals surface area contributed by atoms with E-state index in [1.165, 1.54) is 4.31 Å². The van der Waals surface area contributed by atoms with E-state index in [0.717, 1.165) is 19.4 Å². The fraction of sp³-hybridized carbons (Fsp3) is 0.538. The maximum atomic E-state index is 12.6. The summed E-state index contributed by atoms with van der Waals surface area (Å²) in [6.07, 6.45) is 1.89. The zero-order valence-corrected chi connectivity index (χ0v) is 12.8. The van der Waals surface area contributed by atoms with E-state index < -0.39 is 10.0 Å². The summed E-state index contributed by atoms with van der Waals surface area (Å²) in [4.78, 5) is 0.299. The molecule has 1 aliphatic rings. The van der Waals surface area contributed by atoms with Gasteiger partial charge in [0.2, 0.25) is 10.0 Å². The fourth-order valence-corrected chi connectivity index (χ4v) is 4.22. The van der Waals surface area contributed by atoms with Crippen molar-refractivity contribution >= 4 is 21.6 Å². The molecular formula is C13H19ClN2O2S. The molecule has 0 spiro atoms. The minimum absolute atomic E-state index is 0.0112. The SMILES string of the molecule is Cc1c(Cl)cccc1S(=O)(=O)N(C)C1CCCNC1. The lowest BCUT2D eigenvalue weighted by Gasteiger charge is -2.31. The van der Waals surface area contributed by atoms with Gasteiger partial charge in [-0.3, -0.25) is 0 Å². The summed E-state index contributed by atoms with van der Waals surface area (Å²) in [6.45, 7) is 3.40. The van der Waals surface area contributed by atoms with E-state index in [1.54, 1.807) is 32.2 Å². The summed E-state index contributed by atoms with van der Waals surface area (Å²) < 4.78 is 26.8. The van der Waals surface area contributed by atoms with Gasteiger partial charge < -0.3 is 5.32 Å². The Balaban J connectivity index is 2.33. The Morgan fingerprint density at radius 2 is 2.16 bits per heavy atom. The third-order valence-corrected chi connectivity index (χ3v) is 6.12. The lowest BCUT2D eigenvalue weighted by molar-refractivity contribution is 0.300. The minimum atomic E-state index is -3.48. The second kappa shape index (κ2) is 5.79. The zero-order chi connectivity index (χ0) is 14.0. The van der Waals surface area contributed by atoms with Crippen LogP contribution in [0.5, 0.6) is 0 Å². The number of halogens is 1. The van der Waals surface area contributed by atoms with Crippen LogP contribution in [0.15, 0.2) is 23.1 Å². The number of hydrogen-bond donors (Lipinski definition) is 1. The summed E-state index contributed by atoms with van der Waals surface area (Å²) in [5.74, 6) is 0. The first-order chi connectivity index (χ1) is 8.94. The van der Waals surface area contributed by atoms with Crippen LogP contribution in [0.2, 0.25) is 5.02 Å². The Kier molecular flexibility index (Phi) is 4.50. The van der Waals surface area contributed by atoms with Gasteiger partial charge in [-0.25, -0.2) is 8.42 Å². The number of benzene rings is 1. The third kappa shape index (κ3) is 2.94. The summed E-state index contributed by atoms with van der Waals surface area (Å²) >= 11 is 6.02. The molecule has 1 heterocycles. The van der Waals surface area contributed by atoms with E-state index in [9.17, 15) is 8.42 Å². The first-order valence-corrected chi connectivity index (χ1v) is 8.20. The van der Waals surface area contributed by atoms with Gasteiger partial charge in [-0.1, -0.05) is 17.7 Å². The lowest BCUT2D eigenvalue weighted by Crippen LogP contribution is -2.46. The molecule has 0 bridgehead atoms. The van der Waals surface area contributed by atoms with Crippen molar-refractivity contribution in [1.82, 2.24) is 9.62 Å². The Bertz CT molecular complexity index is 554. The van der Waals surface area contributed by atoms with E-state index in [1.807, 2.05) is 0 Å². The molecule has 1 aromatic carbocycles. The highest BCUT2D eigenvalue weighted by Gasteiger charge is 2.30. The molecule has 1 unspecified atom stereocenters. The Hall–Kier alpha value is -0.620. The molecule has 1 aromatic rings. The Labute approximate surface area is 119 Å². The molecule has 0 aliphatic carbocycles.